The highest BCUT2D eigenvalue weighted by Crippen LogP contribution is 2.22. The minimum Gasteiger partial charge on any atom is -0.508 e. The number of amides is 1. The Morgan fingerprint density at radius 2 is 1.46 bits per heavy atom. The van der Waals surface area contributed by atoms with E-state index in [-0.39, 0.29) is 24.3 Å². The summed E-state index contributed by atoms with van der Waals surface area (Å²) < 4.78 is 5.10. The Labute approximate surface area is 163 Å². The number of esters is 1. The van der Waals surface area contributed by atoms with E-state index in [9.17, 15) is 14.7 Å². The molecule has 28 heavy (non-hydrogen) atoms. The molecule has 1 amide bonds. The van der Waals surface area contributed by atoms with E-state index >= 15 is 0 Å². The van der Waals surface area contributed by atoms with Crippen molar-refractivity contribution in [2.24, 2.45) is 0 Å². The highest BCUT2D eigenvalue weighted by atomic mass is 16.5. The van der Waals surface area contributed by atoms with E-state index in [1.807, 2.05) is 37.3 Å². The Morgan fingerprint density at radius 1 is 0.893 bits per heavy atom. The lowest BCUT2D eigenvalue weighted by Gasteiger charge is -2.14. The molecule has 5 heteroatoms. The number of phenolic OH excluding ortho intramolecular Hbond substituents is 1. The molecule has 3 aromatic carbocycles. The van der Waals surface area contributed by atoms with Crippen LogP contribution in [0.25, 0.3) is 11.1 Å². The molecule has 0 aliphatic rings. The van der Waals surface area contributed by atoms with Gasteiger partial charge in [-0.3, -0.25) is 4.79 Å². The number of ether oxygens (including phenoxy) is 1. The Balaban J connectivity index is 1.53. The maximum absolute atomic E-state index is 12.2. The quantitative estimate of drug-likeness (QED) is 0.636. The Bertz CT molecular complexity index is 935. The lowest BCUT2D eigenvalue weighted by atomic mass is 10.0. The van der Waals surface area contributed by atoms with Crippen LogP contribution in [-0.4, -0.2) is 23.6 Å². The van der Waals surface area contributed by atoms with Gasteiger partial charge in [-0.2, -0.15) is 0 Å². The third kappa shape index (κ3) is 4.98. The fourth-order valence-corrected chi connectivity index (χ4v) is 2.78. The lowest BCUT2D eigenvalue weighted by Crippen LogP contribution is -2.31. The third-order valence-corrected chi connectivity index (χ3v) is 4.33. The number of phenols is 1. The predicted octanol–water partition coefficient (Wildman–Crippen LogP) is 4.09. The van der Waals surface area contributed by atoms with Crippen LogP contribution in [0.1, 0.15) is 28.9 Å². The first-order valence-corrected chi connectivity index (χ1v) is 8.94. The molecule has 2 N–H and O–H groups in total. The van der Waals surface area contributed by atoms with Crippen molar-refractivity contribution in [1.29, 1.82) is 0 Å². The molecule has 0 spiro atoms. The average molecular weight is 375 g/mol. The van der Waals surface area contributed by atoms with Gasteiger partial charge in [0.25, 0.3) is 5.91 Å². The number of benzene rings is 3. The summed E-state index contributed by atoms with van der Waals surface area (Å²) in [4.78, 5) is 24.2. The zero-order valence-electron chi connectivity index (χ0n) is 15.5. The van der Waals surface area contributed by atoms with Crippen LogP contribution in [0.5, 0.6) is 5.75 Å². The van der Waals surface area contributed by atoms with Crippen LogP contribution in [0.4, 0.5) is 0 Å². The van der Waals surface area contributed by atoms with Gasteiger partial charge in [0.2, 0.25) is 0 Å². The first-order valence-electron chi connectivity index (χ1n) is 8.94. The highest BCUT2D eigenvalue weighted by Gasteiger charge is 2.13. The second-order valence-electron chi connectivity index (χ2n) is 6.40. The van der Waals surface area contributed by atoms with Crippen LogP contribution >= 0.6 is 0 Å². The molecule has 0 unspecified atom stereocenters. The Morgan fingerprint density at radius 3 is 2.07 bits per heavy atom. The summed E-state index contributed by atoms with van der Waals surface area (Å²) in [6, 6.07) is 23.1. The van der Waals surface area contributed by atoms with Crippen molar-refractivity contribution < 1.29 is 19.4 Å². The van der Waals surface area contributed by atoms with E-state index in [4.69, 9.17) is 4.74 Å². The molecule has 0 aliphatic heterocycles. The number of rotatable bonds is 6. The number of hydrogen-bond donors (Lipinski definition) is 2. The summed E-state index contributed by atoms with van der Waals surface area (Å²) in [5.41, 5.74) is 3.18. The van der Waals surface area contributed by atoms with Crippen molar-refractivity contribution in [3.8, 4) is 16.9 Å². The first kappa shape index (κ1) is 19.2. The Hall–Kier alpha value is -3.60. The molecule has 3 rings (SSSR count). The zero-order chi connectivity index (χ0) is 19.9. The summed E-state index contributed by atoms with van der Waals surface area (Å²) in [6.45, 7) is 1.53. The standard InChI is InChI=1S/C23H21NO4/c1-16(17-5-3-2-4-6-17)24-22(26)15-28-23(27)20-9-7-18(8-10-20)19-11-13-21(25)14-12-19/h2-14,16,25H,15H2,1H3,(H,24,26)/t16-/m0/s1. The van der Waals surface area contributed by atoms with Crippen LogP contribution in [-0.2, 0) is 9.53 Å². The van der Waals surface area contributed by atoms with Crippen molar-refractivity contribution in [1.82, 2.24) is 5.32 Å². The molecule has 0 bridgehead atoms. The maximum Gasteiger partial charge on any atom is 0.338 e. The molecule has 1 atom stereocenters. The maximum atomic E-state index is 12.2. The average Bonchev–Trinajstić information content (AvgIpc) is 2.73. The summed E-state index contributed by atoms with van der Waals surface area (Å²) in [6.07, 6.45) is 0. The monoisotopic (exact) mass is 375 g/mol. The van der Waals surface area contributed by atoms with Gasteiger partial charge in [0.1, 0.15) is 5.75 Å². The second kappa shape index (κ2) is 8.86. The van der Waals surface area contributed by atoms with E-state index < -0.39 is 5.97 Å². The zero-order valence-corrected chi connectivity index (χ0v) is 15.5. The van der Waals surface area contributed by atoms with E-state index in [0.29, 0.717) is 5.56 Å². The molecule has 142 valence electrons. The fraction of sp³-hybridized carbons (Fsp3) is 0.130. The molecule has 0 radical (unpaired) electrons. The Kier molecular flexibility index (Phi) is 6.07. The number of aromatic hydroxyl groups is 1. The smallest absolute Gasteiger partial charge is 0.338 e. The van der Waals surface area contributed by atoms with E-state index in [2.05, 4.69) is 5.32 Å². The van der Waals surface area contributed by atoms with E-state index in [0.717, 1.165) is 16.7 Å². The molecular formula is C23H21NO4. The van der Waals surface area contributed by atoms with Crippen LogP contribution < -0.4 is 5.32 Å². The number of nitrogens with one attached hydrogen (secondary N) is 1. The minimum absolute atomic E-state index is 0.169. The van der Waals surface area contributed by atoms with Crippen molar-refractivity contribution in [3.05, 3.63) is 90.0 Å². The molecule has 0 saturated heterocycles. The second-order valence-corrected chi connectivity index (χ2v) is 6.40. The highest BCUT2D eigenvalue weighted by molar-refractivity contribution is 5.92. The summed E-state index contributed by atoms with van der Waals surface area (Å²) >= 11 is 0. The number of carbonyl (C=O) groups is 2. The van der Waals surface area contributed by atoms with Gasteiger partial charge in [0, 0.05) is 0 Å². The minimum atomic E-state index is -0.556. The fourth-order valence-electron chi connectivity index (χ4n) is 2.78. The van der Waals surface area contributed by atoms with Crippen LogP contribution in [0.2, 0.25) is 0 Å². The summed E-state index contributed by atoms with van der Waals surface area (Å²) in [7, 11) is 0. The topological polar surface area (TPSA) is 75.6 Å². The lowest BCUT2D eigenvalue weighted by molar-refractivity contribution is -0.124. The van der Waals surface area contributed by atoms with Gasteiger partial charge >= 0.3 is 5.97 Å². The normalized spacial score (nSPS) is 11.5. The molecule has 0 aromatic heterocycles. The predicted molar refractivity (Wildman–Crippen MR) is 107 cm³/mol. The molecule has 0 saturated carbocycles. The van der Waals surface area contributed by atoms with Crippen LogP contribution in [0, 0.1) is 0 Å². The largest absolute Gasteiger partial charge is 0.508 e. The number of carbonyl (C=O) groups excluding carboxylic acids is 2. The van der Waals surface area contributed by atoms with Gasteiger partial charge in [-0.15, -0.1) is 0 Å². The molecular weight excluding hydrogens is 354 g/mol. The SMILES string of the molecule is C[C@H](NC(=O)COC(=O)c1ccc(-c2ccc(O)cc2)cc1)c1ccccc1. The van der Waals surface area contributed by atoms with E-state index in [1.54, 1.807) is 48.5 Å². The van der Waals surface area contributed by atoms with Crippen molar-refractivity contribution in [2.45, 2.75) is 13.0 Å². The molecule has 5 nitrogen and oxygen atoms in total. The van der Waals surface area contributed by atoms with Crippen LogP contribution in [0.3, 0.4) is 0 Å². The van der Waals surface area contributed by atoms with Gasteiger partial charge in [0.15, 0.2) is 6.61 Å². The van der Waals surface area contributed by atoms with Gasteiger partial charge in [0.05, 0.1) is 11.6 Å². The third-order valence-electron chi connectivity index (χ3n) is 4.33. The van der Waals surface area contributed by atoms with Crippen LogP contribution in [0.15, 0.2) is 78.9 Å². The first-order chi connectivity index (χ1) is 13.5. The molecule has 0 fully saturated rings. The van der Waals surface area contributed by atoms with Gasteiger partial charge in [-0.25, -0.2) is 4.79 Å². The van der Waals surface area contributed by atoms with Crippen molar-refractivity contribution in [3.63, 3.8) is 0 Å². The van der Waals surface area contributed by atoms with Gasteiger partial charge in [-0.05, 0) is 47.9 Å². The summed E-state index contributed by atoms with van der Waals surface area (Å²) in [5, 5.41) is 12.2. The molecule has 0 aliphatic carbocycles. The summed E-state index contributed by atoms with van der Waals surface area (Å²) in [5.74, 6) is -0.714. The van der Waals surface area contributed by atoms with E-state index in [1.165, 1.54) is 0 Å². The number of hydrogen-bond acceptors (Lipinski definition) is 4. The van der Waals surface area contributed by atoms with Crippen molar-refractivity contribution in [2.75, 3.05) is 6.61 Å². The molecule has 3 aromatic rings. The molecule has 0 heterocycles. The van der Waals surface area contributed by atoms with Crippen molar-refractivity contribution >= 4 is 11.9 Å². The van der Waals surface area contributed by atoms with Gasteiger partial charge < -0.3 is 15.2 Å². The van der Waals surface area contributed by atoms with Gasteiger partial charge in [-0.1, -0.05) is 54.6 Å².